The molecule has 156 valence electrons. The van der Waals surface area contributed by atoms with Crippen LogP contribution >= 0.6 is 11.8 Å². The number of hydrogen-bond acceptors (Lipinski definition) is 5. The summed E-state index contributed by atoms with van der Waals surface area (Å²) in [6.07, 6.45) is 1.85. The predicted molar refractivity (Wildman–Crippen MR) is 119 cm³/mol. The molecule has 0 spiro atoms. The normalized spacial score (nSPS) is 13.7. The van der Waals surface area contributed by atoms with Crippen molar-refractivity contribution < 1.29 is 14.3 Å². The summed E-state index contributed by atoms with van der Waals surface area (Å²) >= 11 is 1.46. The van der Waals surface area contributed by atoms with Crippen molar-refractivity contribution in [3.8, 4) is 22.8 Å². The molecular weight excluding hydrogens is 398 g/mol. The van der Waals surface area contributed by atoms with E-state index in [-0.39, 0.29) is 11.2 Å². The second-order valence-electron chi connectivity index (χ2n) is 7.09. The number of benzene rings is 2. The third-order valence-electron chi connectivity index (χ3n) is 5.03. The standard InChI is InChI=1S/C23H25N3O3S/c1-4-26-19(17-9-10-20-21(13-17)29-12-11-28-20)14-24-23(26)30-16(3)22(27)25-18-8-6-5-7-15(18)2/h5-10,13-14,16H,4,11-12H2,1-3H3,(H,25,27). The number of aryl methyl sites for hydroxylation is 1. The molecule has 1 atom stereocenters. The van der Waals surface area contributed by atoms with Crippen LogP contribution in [0.25, 0.3) is 11.3 Å². The number of aromatic nitrogens is 2. The maximum atomic E-state index is 12.7. The molecule has 1 aliphatic heterocycles. The largest absolute Gasteiger partial charge is 0.486 e. The Morgan fingerprint density at radius 2 is 1.97 bits per heavy atom. The van der Waals surface area contributed by atoms with Crippen molar-refractivity contribution in [1.29, 1.82) is 0 Å². The molecule has 30 heavy (non-hydrogen) atoms. The van der Waals surface area contributed by atoms with Crippen molar-refractivity contribution in [3.05, 3.63) is 54.2 Å². The molecule has 7 heteroatoms. The molecule has 4 rings (SSSR count). The Morgan fingerprint density at radius 1 is 1.20 bits per heavy atom. The van der Waals surface area contributed by atoms with Gasteiger partial charge in [0.25, 0.3) is 0 Å². The van der Waals surface area contributed by atoms with Crippen molar-refractivity contribution in [3.63, 3.8) is 0 Å². The quantitative estimate of drug-likeness (QED) is 0.579. The minimum absolute atomic E-state index is 0.0409. The number of anilines is 1. The van der Waals surface area contributed by atoms with E-state index in [1.54, 1.807) is 0 Å². The molecule has 3 aromatic rings. The second kappa shape index (κ2) is 8.83. The van der Waals surface area contributed by atoms with Gasteiger partial charge in [-0.05, 0) is 50.6 Å². The van der Waals surface area contributed by atoms with Crippen LogP contribution < -0.4 is 14.8 Å². The van der Waals surface area contributed by atoms with E-state index in [2.05, 4.69) is 21.8 Å². The van der Waals surface area contributed by atoms with Gasteiger partial charge in [-0.1, -0.05) is 30.0 Å². The minimum Gasteiger partial charge on any atom is -0.486 e. The number of rotatable bonds is 6. The molecule has 0 saturated carbocycles. The molecule has 1 amide bonds. The lowest BCUT2D eigenvalue weighted by Gasteiger charge is -2.19. The van der Waals surface area contributed by atoms with Gasteiger partial charge in [0.1, 0.15) is 13.2 Å². The number of carbonyl (C=O) groups is 1. The minimum atomic E-state index is -0.287. The Labute approximate surface area is 180 Å². The molecule has 2 aromatic carbocycles. The van der Waals surface area contributed by atoms with Gasteiger partial charge < -0.3 is 19.4 Å². The van der Waals surface area contributed by atoms with Crippen molar-refractivity contribution in [1.82, 2.24) is 9.55 Å². The Hall–Kier alpha value is -2.93. The summed E-state index contributed by atoms with van der Waals surface area (Å²) in [5, 5.41) is 3.54. The number of thioether (sulfide) groups is 1. The maximum Gasteiger partial charge on any atom is 0.237 e. The van der Waals surface area contributed by atoms with Gasteiger partial charge in [-0.15, -0.1) is 0 Å². The number of ether oxygens (including phenoxy) is 2. The third kappa shape index (κ3) is 4.16. The van der Waals surface area contributed by atoms with E-state index >= 15 is 0 Å². The first kappa shape index (κ1) is 20.3. The first-order valence-corrected chi connectivity index (χ1v) is 10.9. The van der Waals surface area contributed by atoms with Crippen LogP contribution in [0.3, 0.4) is 0 Å². The average molecular weight is 424 g/mol. The van der Waals surface area contributed by atoms with E-state index in [0.717, 1.165) is 45.7 Å². The number of amides is 1. The highest BCUT2D eigenvalue weighted by molar-refractivity contribution is 8.00. The summed E-state index contributed by atoms with van der Waals surface area (Å²) < 4.78 is 13.5. The van der Waals surface area contributed by atoms with Crippen LogP contribution in [0.15, 0.2) is 53.8 Å². The second-order valence-corrected chi connectivity index (χ2v) is 8.40. The number of imidazole rings is 1. The molecule has 1 aliphatic rings. The molecule has 0 radical (unpaired) electrons. The molecule has 0 saturated heterocycles. The Bertz CT molecular complexity index is 1060. The number of nitrogens with one attached hydrogen (secondary N) is 1. The van der Waals surface area contributed by atoms with Crippen LogP contribution in [0, 0.1) is 6.92 Å². The van der Waals surface area contributed by atoms with Gasteiger partial charge in [0.15, 0.2) is 16.7 Å². The molecular formula is C23H25N3O3S. The predicted octanol–water partition coefficient (Wildman–Crippen LogP) is 4.77. The summed E-state index contributed by atoms with van der Waals surface area (Å²) in [5.74, 6) is 1.48. The highest BCUT2D eigenvalue weighted by atomic mass is 32.2. The van der Waals surface area contributed by atoms with Gasteiger partial charge in [0.2, 0.25) is 5.91 Å². The summed E-state index contributed by atoms with van der Waals surface area (Å²) in [7, 11) is 0. The van der Waals surface area contributed by atoms with Crippen LogP contribution in [-0.2, 0) is 11.3 Å². The van der Waals surface area contributed by atoms with Gasteiger partial charge in [-0.2, -0.15) is 0 Å². The SMILES string of the molecule is CCn1c(-c2ccc3c(c2)OCCO3)cnc1SC(C)C(=O)Nc1ccccc1C. The van der Waals surface area contributed by atoms with Crippen molar-refractivity contribution >= 4 is 23.4 Å². The van der Waals surface area contributed by atoms with Crippen molar-refractivity contribution in [2.75, 3.05) is 18.5 Å². The lowest BCUT2D eigenvalue weighted by Crippen LogP contribution is -2.23. The number of nitrogens with zero attached hydrogens (tertiary/aromatic N) is 2. The zero-order valence-corrected chi connectivity index (χ0v) is 18.2. The molecule has 1 unspecified atom stereocenters. The fourth-order valence-electron chi connectivity index (χ4n) is 3.35. The maximum absolute atomic E-state index is 12.7. The van der Waals surface area contributed by atoms with Gasteiger partial charge >= 0.3 is 0 Å². The summed E-state index contributed by atoms with van der Waals surface area (Å²) in [5.41, 5.74) is 3.88. The highest BCUT2D eigenvalue weighted by Crippen LogP contribution is 2.36. The van der Waals surface area contributed by atoms with E-state index < -0.39 is 0 Å². The van der Waals surface area contributed by atoms with E-state index in [0.29, 0.717) is 13.2 Å². The zero-order chi connectivity index (χ0) is 21.1. The molecule has 2 heterocycles. The highest BCUT2D eigenvalue weighted by Gasteiger charge is 2.21. The lowest BCUT2D eigenvalue weighted by atomic mass is 10.1. The number of carbonyl (C=O) groups excluding carboxylic acids is 1. The van der Waals surface area contributed by atoms with Crippen LogP contribution in [0.5, 0.6) is 11.5 Å². The van der Waals surface area contributed by atoms with Gasteiger partial charge in [0, 0.05) is 17.8 Å². The molecule has 1 aromatic heterocycles. The van der Waals surface area contributed by atoms with Crippen LogP contribution in [0.4, 0.5) is 5.69 Å². The molecule has 6 nitrogen and oxygen atoms in total. The van der Waals surface area contributed by atoms with Gasteiger partial charge in [-0.25, -0.2) is 4.98 Å². The Kier molecular flexibility index (Phi) is 5.99. The van der Waals surface area contributed by atoms with Crippen molar-refractivity contribution in [2.24, 2.45) is 0 Å². The van der Waals surface area contributed by atoms with Crippen molar-refractivity contribution in [2.45, 2.75) is 37.7 Å². The van der Waals surface area contributed by atoms with E-state index in [1.165, 1.54) is 11.8 Å². The Morgan fingerprint density at radius 3 is 2.73 bits per heavy atom. The zero-order valence-electron chi connectivity index (χ0n) is 17.3. The van der Waals surface area contributed by atoms with E-state index in [9.17, 15) is 4.79 Å². The van der Waals surface area contributed by atoms with Crippen LogP contribution in [0.1, 0.15) is 19.4 Å². The smallest absolute Gasteiger partial charge is 0.237 e. The molecule has 1 N–H and O–H groups in total. The van der Waals surface area contributed by atoms with E-state index in [1.807, 2.05) is 62.5 Å². The lowest BCUT2D eigenvalue weighted by molar-refractivity contribution is -0.115. The third-order valence-corrected chi connectivity index (χ3v) is 6.13. The summed E-state index contributed by atoms with van der Waals surface area (Å²) in [6.45, 7) is 7.83. The molecule has 0 aliphatic carbocycles. The number of hydrogen-bond donors (Lipinski definition) is 1. The fraction of sp³-hybridized carbons (Fsp3) is 0.304. The number of para-hydroxylation sites is 1. The fourth-order valence-corrected chi connectivity index (χ4v) is 4.30. The first-order chi connectivity index (χ1) is 14.6. The first-order valence-electron chi connectivity index (χ1n) is 10.1. The van der Waals surface area contributed by atoms with Gasteiger partial charge in [0.05, 0.1) is 17.1 Å². The Balaban J connectivity index is 1.52. The monoisotopic (exact) mass is 423 g/mol. The summed E-state index contributed by atoms with van der Waals surface area (Å²) in [4.78, 5) is 17.3. The van der Waals surface area contributed by atoms with Crippen LogP contribution in [0.2, 0.25) is 0 Å². The average Bonchev–Trinajstić information content (AvgIpc) is 3.17. The van der Waals surface area contributed by atoms with Crippen LogP contribution in [-0.4, -0.2) is 33.9 Å². The summed E-state index contributed by atoms with van der Waals surface area (Å²) in [6, 6.07) is 13.7. The topological polar surface area (TPSA) is 65.4 Å². The molecule has 0 fully saturated rings. The number of fused-ring (bicyclic) bond motifs is 1. The van der Waals surface area contributed by atoms with Gasteiger partial charge in [-0.3, -0.25) is 4.79 Å². The van der Waals surface area contributed by atoms with E-state index in [4.69, 9.17) is 9.47 Å². The molecule has 0 bridgehead atoms.